The van der Waals surface area contributed by atoms with Crippen LogP contribution < -0.4 is 0 Å². The van der Waals surface area contributed by atoms with Crippen molar-refractivity contribution in [3.8, 4) is 5.75 Å². The lowest BCUT2D eigenvalue weighted by atomic mass is 9.87. The Balaban J connectivity index is 2.32. The van der Waals surface area contributed by atoms with Gasteiger partial charge >= 0.3 is 0 Å². The molecule has 0 aliphatic heterocycles. The Hall–Kier alpha value is -2.09. The van der Waals surface area contributed by atoms with Gasteiger partial charge in [-0.15, -0.1) is 0 Å². The zero-order valence-electron chi connectivity index (χ0n) is 11.6. The van der Waals surface area contributed by atoms with Crippen LogP contribution >= 0.6 is 0 Å². The van der Waals surface area contributed by atoms with Gasteiger partial charge in [0.1, 0.15) is 11.4 Å². The molecule has 0 unspecified atom stereocenters. The van der Waals surface area contributed by atoms with E-state index in [0.29, 0.717) is 5.69 Å². The molecule has 2 nitrogen and oxygen atoms in total. The fourth-order valence-corrected chi connectivity index (χ4v) is 1.78. The Kier molecular flexibility index (Phi) is 3.70. The van der Waals surface area contributed by atoms with Crippen molar-refractivity contribution in [2.45, 2.75) is 26.2 Å². The molecule has 2 rings (SSSR count). The van der Waals surface area contributed by atoms with Gasteiger partial charge in [-0.3, -0.25) is 4.99 Å². The summed E-state index contributed by atoms with van der Waals surface area (Å²) in [4.78, 5) is 4.38. The minimum atomic E-state index is 0.0463. The van der Waals surface area contributed by atoms with E-state index in [9.17, 15) is 5.11 Å². The first-order valence-electron chi connectivity index (χ1n) is 6.39. The second-order valence-corrected chi connectivity index (χ2v) is 5.62. The van der Waals surface area contributed by atoms with Crippen LogP contribution in [0.5, 0.6) is 5.75 Å². The summed E-state index contributed by atoms with van der Waals surface area (Å²) in [5, 5.41) is 9.86. The number of aliphatic imine (C=N–C) groups is 1. The first-order valence-corrected chi connectivity index (χ1v) is 6.39. The minimum absolute atomic E-state index is 0.0463. The number of hydrogen-bond donors (Lipinski definition) is 1. The van der Waals surface area contributed by atoms with E-state index in [1.165, 1.54) is 0 Å². The van der Waals surface area contributed by atoms with Crippen molar-refractivity contribution in [3.05, 3.63) is 59.7 Å². The second kappa shape index (κ2) is 5.27. The molecule has 2 aromatic carbocycles. The zero-order chi connectivity index (χ0) is 13.9. The molecule has 0 atom stereocenters. The number of benzene rings is 2. The van der Waals surface area contributed by atoms with E-state index < -0.39 is 0 Å². The van der Waals surface area contributed by atoms with Crippen LogP contribution in [0.3, 0.4) is 0 Å². The summed E-state index contributed by atoms with van der Waals surface area (Å²) >= 11 is 0. The third-order valence-corrected chi connectivity index (χ3v) is 2.99. The van der Waals surface area contributed by atoms with Crippen molar-refractivity contribution in [2.24, 2.45) is 4.99 Å². The predicted molar refractivity (Wildman–Crippen MR) is 80.5 cm³/mol. The van der Waals surface area contributed by atoms with E-state index in [4.69, 9.17) is 0 Å². The highest BCUT2D eigenvalue weighted by Crippen LogP contribution is 2.32. The van der Waals surface area contributed by atoms with Gasteiger partial charge in [0.2, 0.25) is 0 Å². The summed E-state index contributed by atoms with van der Waals surface area (Å²) in [6, 6.07) is 15.4. The van der Waals surface area contributed by atoms with Gasteiger partial charge in [0.15, 0.2) is 0 Å². The van der Waals surface area contributed by atoms with Crippen LogP contribution in [0.25, 0.3) is 0 Å². The summed E-state index contributed by atoms with van der Waals surface area (Å²) in [6.45, 7) is 6.43. The SMILES string of the molecule is CC(C)(C)c1ccc(O)c(/N=C/c2ccccc2)c1. The Morgan fingerprint density at radius 2 is 1.68 bits per heavy atom. The molecular weight excluding hydrogens is 234 g/mol. The van der Waals surface area contributed by atoms with Crippen molar-refractivity contribution >= 4 is 11.9 Å². The maximum Gasteiger partial charge on any atom is 0.141 e. The summed E-state index contributed by atoms with van der Waals surface area (Å²) in [7, 11) is 0. The van der Waals surface area contributed by atoms with Crippen LogP contribution in [-0.2, 0) is 5.41 Å². The molecule has 0 aliphatic rings. The first kappa shape index (κ1) is 13.3. The molecule has 2 heteroatoms. The summed E-state index contributed by atoms with van der Waals surface area (Å²) in [5.41, 5.74) is 2.83. The molecule has 0 saturated carbocycles. The molecule has 0 aromatic heterocycles. The number of phenols is 1. The van der Waals surface area contributed by atoms with Gasteiger partial charge in [0.05, 0.1) is 0 Å². The van der Waals surface area contributed by atoms with Crippen LogP contribution in [0, 0.1) is 0 Å². The lowest BCUT2D eigenvalue weighted by molar-refractivity contribution is 0.475. The fourth-order valence-electron chi connectivity index (χ4n) is 1.78. The molecule has 0 fully saturated rings. The van der Waals surface area contributed by atoms with Crippen molar-refractivity contribution < 1.29 is 5.11 Å². The maximum atomic E-state index is 9.86. The molecule has 2 aromatic rings. The lowest BCUT2D eigenvalue weighted by Gasteiger charge is -2.19. The molecular formula is C17H19NO. The van der Waals surface area contributed by atoms with Crippen LogP contribution in [-0.4, -0.2) is 11.3 Å². The lowest BCUT2D eigenvalue weighted by Crippen LogP contribution is -2.10. The van der Waals surface area contributed by atoms with Crippen molar-refractivity contribution in [2.75, 3.05) is 0 Å². The third kappa shape index (κ3) is 3.44. The topological polar surface area (TPSA) is 32.6 Å². The zero-order valence-corrected chi connectivity index (χ0v) is 11.6. The number of rotatable bonds is 2. The highest BCUT2D eigenvalue weighted by atomic mass is 16.3. The Morgan fingerprint density at radius 1 is 1.00 bits per heavy atom. The summed E-state index contributed by atoms with van der Waals surface area (Å²) < 4.78 is 0. The van der Waals surface area contributed by atoms with Crippen molar-refractivity contribution in [1.29, 1.82) is 0 Å². The number of hydrogen-bond acceptors (Lipinski definition) is 2. The molecule has 0 heterocycles. The summed E-state index contributed by atoms with van der Waals surface area (Å²) in [6.07, 6.45) is 1.77. The number of aromatic hydroxyl groups is 1. The van der Waals surface area contributed by atoms with Gasteiger partial charge in [0.25, 0.3) is 0 Å². The second-order valence-electron chi connectivity index (χ2n) is 5.62. The largest absolute Gasteiger partial charge is 0.506 e. The highest BCUT2D eigenvalue weighted by Gasteiger charge is 2.14. The van der Waals surface area contributed by atoms with Gasteiger partial charge in [0, 0.05) is 6.21 Å². The quantitative estimate of drug-likeness (QED) is 0.788. The number of nitrogens with zero attached hydrogens (tertiary/aromatic N) is 1. The Morgan fingerprint density at radius 3 is 2.32 bits per heavy atom. The van der Waals surface area contributed by atoms with Gasteiger partial charge in [-0.2, -0.15) is 0 Å². The predicted octanol–water partition coefficient (Wildman–Crippen LogP) is 4.44. The average molecular weight is 253 g/mol. The van der Waals surface area contributed by atoms with Gasteiger partial charge in [-0.1, -0.05) is 57.2 Å². The van der Waals surface area contributed by atoms with Crippen molar-refractivity contribution in [3.63, 3.8) is 0 Å². The van der Waals surface area contributed by atoms with Crippen molar-refractivity contribution in [1.82, 2.24) is 0 Å². The molecule has 0 bridgehead atoms. The van der Waals surface area contributed by atoms with E-state index in [0.717, 1.165) is 11.1 Å². The van der Waals surface area contributed by atoms with Gasteiger partial charge < -0.3 is 5.11 Å². The monoisotopic (exact) mass is 253 g/mol. The van der Waals surface area contributed by atoms with Crippen LogP contribution in [0.4, 0.5) is 5.69 Å². The van der Waals surface area contributed by atoms with E-state index in [1.54, 1.807) is 12.3 Å². The molecule has 1 N–H and O–H groups in total. The fraction of sp³-hybridized carbons (Fsp3) is 0.235. The van der Waals surface area contributed by atoms with Crippen LogP contribution in [0.1, 0.15) is 31.9 Å². The smallest absolute Gasteiger partial charge is 0.141 e. The third-order valence-electron chi connectivity index (χ3n) is 2.99. The van der Waals surface area contributed by atoms with Gasteiger partial charge in [-0.25, -0.2) is 0 Å². The maximum absolute atomic E-state index is 9.86. The van der Waals surface area contributed by atoms with Crippen LogP contribution in [0.2, 0.25) is 0 Å². The van der Waals surface area contributed by atoms with E-state index >= 15 is 0 Å². The minimum Gasteiger partial charge on any atom is -0.506 e. The summed E-state index contributed by atoms with van der Waals surface area (Å²) in [5.74, 6) is 0.209. The molecule has 0 amide bonds. The van der Waals surface area contributed by atoms with Crippen LogP contribution in [0.15, 0.2) is 53.5 Å². The first-order chi connectivity index (χ1) is 8.97. The molecule has 0 aliphatic carbocycles. The average Bonchev–Trinajstić information content (AvgIpc) is 2.37. The number of phenolic OH excluding ortho intramolecular Hbond substituents is 1. The van der Waals surface area contributed by atoms with E-state index in [-0.39, 0.29) is 11.2 Å². The van der Waals surface area contributed by atoms with E-state index in [2.05, 4.69) is 25.8 Å². The Bertz CT molecular complexity index is 580. The molecule has 0 radical (unpaired) electrons. The van der Waals surface area contributed by atoms with E-state index in [1.807, 2.05) is 42.5 Å². The molecule has 0 saturated heterocycles. The normalized spacial score (nSPS) is 11.9. The standard InChI is InChI=1S/C17H19NO/c1-17(2,3)14-9-10-16(19)15(11-14)18-12-13-7-5-4-6-8-13/h4-12,19H,1-3H3/b18-12+. The molecule has 19 heavy (non-hydrogen) atoms. The van der Waals surface area contributed by atoms with Gasteiger partial charge in [-0.05, 0) is 28.7 Å². The molecule has 98 valence electrons. The Labute approximate surface area is 114 Å². The highest BCUT2D eigenvalue weighted by molar-refractivity contribution is 5.82. The molecule has 0 spiro atoms.